The van der Waals surface area contributed by atoms with Crippen molar-refractivity contribution >= 4 is 11.6 Å². The van der Waals surface area contributed by atoms with Gasteiger partial charge in [-0.05, 0) is 38.1 Å². The van der Waals surface area contributed by atoms with E-state index in [0.717, 1.165) is 24.2 Å². The van der Waals surface area contributed by atoms with Crippen LogP contribution in [-0.2, 0) is 4.79 Å². The molecule has 0 fully saturated rings. The Morgan fingerprint density at radius 2 is 2.22 bits per heavy atom. The molecule has 0 bridgehead atoms. The summed E-state index contributed by atoms with van der Waals surface area (Å²) in [7, 11) is 1.94. The Morgan fingerprint density at radius 3 is 2.83 bits per heavy atom. The van der Waals surface area contributed by atoms with Crippen molar-refractivity contribution in [3.05, 3.63) is 29.8 Å². The second-order valence-corrected chi connectivity index (χ2v) is 4.61. The summed E-state index contributed by atoms with van der Waals surface area (Å²) in [6.45, 7) is 5.25. The number of carbonyl (C=O) groups excluding carboxylic acids is 1. The van der Waals surface area contributed by atoms with Gasteiger partial charge in [-0.2, -0.15) is 0 Å². The minimum absolute atomic E-state index is 0.0649. The van der Waals surface area contributed by atoms with Gasteiger partial charge in [0.2, 0.25) is 5.91 Å². The van der Waals surface area contributed by atoms with E-state index in [9.17, 15) is 4.79 Å². The standard InChI is InChI=1S/C14H23N3O/c1-4-8-16-14(18)10-17(3)11(2)12-6-5-7-13(15)9-12/h5-7,9,11H,4,8,10,15H2,1-3H3,(H,16,18). The van der Waals surface area contributed by atoms with E-state index in [1.54, 1.807) is 0 Å². The van der Waals surface area contributed by atoms with Gasteiger partial charge in [-0.25, -0.2) is 0 Å². The molecular formula is C14H23N3O. The first-order chi connectivity index (χ1) is 8.54. The minimum atomic E-state index is 0.0649. The number of nitrogens with zero attached hydrogens (tertiary/aromatic N) is 1. The van der Waals surface area contributed by atoms with Crippen LogP contribution in [0.25, 0.3) is 0 Å². The van der Waals surface area contributed by atoms with Crippen molar-refractivity contribution in [2.24, 2.45) is 0 Å². The summed E-state index contributed by atoms with van der Waals surface area (Å²) in [5.74, 6) is 0.0649. The van der Waals surface area contributed by atoms with Gasteiger partial charge in [0.25, 0.3) is 0 Å². The van der Waals surface area contributed by atoms with Crippen molar-refractivity contribution in [1.29, 1.82) is 0 Å². The highest BCUT2D eigenvalue weighted by atomic mass is 16.2. The minimum Gasteiger partial charge on any atom is -0.399 e. The Bertz CT molecular complexity index is 392. The van der Waals surface area contributed by atoms with E-state index in [1.165, 1.54) is 0 Å². The maximum atomic E-state index is 11.6. The van der Waals surface area contributed by atoms with Gasteiger partial charge in [-0.15, -0.1) is 0 Å². The van der Waals surface area contributed by atoms with Gasteiger partial charge in [0.05, 0.1) is 6.54 Å². The third kappa shape index (κ3) is 4.37. The van der Waals surface area contributed by atoms with Gasteiger partial charge in [0, 0.05) is 18.3 Å². The van der Waals surface area contributed by atoms with Crippen LogP contribution in [0.15, 0.2) is 24.3 Å². The molecule has 4 nitrogen and oxygen atoms in total. The third-order valence-corrected chi connectivity index (χ3v) is 3.02. The lowest BCUT2D eigenvalue weighted by Gasteiger charge is -2.24. The summed E-state index contributed by atoms with van der Waals surface area (Å²) < 4.78 is 0. The van der Waals surface area contributed by atoms with Gasteiger partial charge in [0.1, 0.15) is 0 Å². The smallest absolute Gasteiger partial charge is 0.234 e. The number of nitrogen functional groups attached to an aromatic ring is 1. The molecule has 0 spiro atoms. The van der Waals surface area contributed by atoms with Crippen LogP contribution in [0.5, 0.6) is 0 Å². The first kappa shape index (κ1) is 14.5. The number of anilines is 1. The van der Waals surface area contributed by atoms with E-state index in [-0.39, 0.29) is 11.9 Å². The van der Waals surface area contributed by atoms with E-state index < -0.39 is 0 Å². The molecule has 0 aromatic heterocycles. The molecule has 0 radical (unpaired) electrons. The molecule has 0 aliphatic carbocycles. The number of rotatable bonds is 6. The van der Waals surface area contributed by atoms with Crippen molar-refractivity contribution in [2.45, 2.75) is 26.3 Å². The second-order valence-electron chi connectivity index (χ2n) is 4.61. The van der Waals surface area contributed by atoms with Crippen LogP contribution in [0.1, 0.15) is 31.9 Å². The zero-order valence-corrected chi connectivity index (χ0v) is 11.4. The summed E-state index contributed by atoms with van der Waals surface area (Å²) in [5, 5.41) is 2.88. The summed E-state index contributed by atoms with van der Waals surface area (Å²) in [5.41, 5.74) is 7.64. The van der Waals surface area contributed by atoms with Crippen molar-refractivity contribution in [3.63, 3.8) is 0 Å². The van der Waals surface area contributed by atoms with Gasteiger partial charge in [-0.1, -0.05) is 19.1 Å². The second kappa shape index (κ2) is 7.01. The lowest BCUT2D eigenvalue weighted by atomic mass is 10.1. The Labute approximate surface area is 109 Å². The van der Waals surface area contributed by atoms with Crippen molar-refractivity contribution in [2.75, 3.05) is 25.9 Å². The molecule has 1 aromatic carbocycles. The lowest BCUT2D eigenvalue weighted by molar-refractivity contribution is -0.122. The Balaban J connectivity index is 2.55. The summed E-state index contributed by atoms with van der Waals surface area (Å²) >= 11 is 0. The van der Waals surface area contributed by atoms with Crippen molar-refractivity contribution < 1.29 is 4.79 Å². The number of hydrogen-bond donors (Lipinski definition) is 2. The molecule has 100 valence electrons. The number of hydrogen-bond acceptors (Lipinski definition) is 3. The topological polar surface area (TPSA) is 58.4 Å². The highest BCUT2D eigenvalue weighted by Gasteiger charge is 2.14. The highest BCUT2D eigenvalue weighted by molar-refractivity contribution is 5.78. The zero-order valence-electron chi connectivity index (χ0n) is 11.4. The molecule has 4 heteroatoms. The number of nitrogens with two attached hydrogens (primary N) is 1. The maximum absolute atomic E-state index is 11.6. The highest BCUT2D eigenvalue weighted by Crippen LogP contribution is 2.20. The molecule has 0 aliphatic heterocycles. The van der Waals surface area contributed by atoms with E-state index in [4.69, 9.17) is 5.73 Å². The van der Waals surface area contributed by atoms with Crippen molar-refractivity contribution in [1.82, 2.24) is 10.2 Å². The number of nitrogens with one attached hydrogen (secondary N) is 1. The van der Waals surface area contributed by atoms with E-state index in [0.29, 0.717) is 6.54 Å². The molecule has 3 N–H and O–H groups in total. The fourth-order valence-corrected chi connectivity index (χ4v) is 1.76. The summed E-state index contributed by atoms with van der Waals surface area (Å²) in [4.78, 5) is 13.7. The van der Waals surface area contributed by atoms with Crippen LogP contribution < -0.4 is 11.1 Å². The summed E-state index contributed by atoms with van der Waals surface area (Å²) in [6, 6.07) is 7.95. The van der Waals surface area contributed by atoms with Crippen LogP contribution in [0, 0.1) is 0 Å². The molecular weight excluding hydrogens is 226 g/mol. The molecule has 1 aromatic rings. The van der Waals surface area contributed by atoms with Crippen LogP contribution in [-0.4, -0.2) is 30.9 Å². The lowest BCUT2D eigenvalue weighted by Crippen LogP contribution is -2.36. The largest absolute Gasteiger partial charge is 0.399 e. The Hall–Kier alpha value is -1.55. The maximum Gasteiger partial charge on any atom is 0.234 e. The molecule has 1 amide bonds. The molecule has 0 aliphatic rings. The Kier molecular flexibility index (Phi) is 5.65. The molecule has 18 heavy (non-hydrogen) atoms. The van der Waals surface area contributed by atoms with Crippen LogP contribution >= 0.6 is 0 Å². The van der Waals surface area contributed by atoms with Gasteiger partial charge >= 0.3 is 0 Å². The molecule has 0 saturated carbocycles. The molecule has 1 atom stereocenters. The fourth-order valence-electron chi connectivity index (χ4n) is 1.76. The van der Waals surface area contributed by atoms with Crippen LogP contribution in [0.4, 0.5) is 5.69 Å². The van der Waals surface area contributed by atoms with Crippen LogP contribution in [0.3, 0.4) is 0 Å². The average Bonchev–Trinajstić information content (AvgIpc) is 2.35. The van der Waals surface area contributed by atoms with Gasteiger partial charge in [0.15, 0.2) is 0 Å². The first-order valence-electron chi connectivity index (χ1n) is 6.37. The fraction of sp³-hybridized carbons (Fsp3) is 0.500. The number of carbonyl (C=O) groups is 1. The van der Waals surface area contributed by atoms with Gasteiger partial charge in [-0.3, -0.25) is 9.69 Å². The number of benzene rings is 1. The average molecular weight is 249 g/mol. The molecule has 0 heterocycles. The zero-order chi connectivity index (χ0) is 13.5. The van der Waals surface area contributed by atoms with Crippen molar-refractivity contribution in [3.8, 4) is 0 Å². The number of amides is 1. The van der Waals surface area contributed by atoms with E-state index in [2.05, 4.69) is 12.2 Å². The predicted molar refractivity (Wildman–Crippen MR) is 75.2 cm³/mol. The predicted octanol–water partition coefficient (Wildman–Crippen LogP) is 1.79. The molecule has 1 unspecified atom stereocenters. The monoisotopic (exact) mass is 249 g/mol. The summed E-state index contributed by atoms with van der Waals surface area (Å²) in [6.07, 6.45) is 0.959. The Morgan fingerprint density at radius 1 is 1.50 bits per heavy atom. The normalized spacial score (nSPS) is 12.4. The number of likely N-dealkylation sites (N-methyl/N-ethyl adjacent to an activating group) is 1. The van der Waals surface area contributed by atoms with E-state index >= 15 is 0 Å². The van der Waals surface area contributed by atoms with E-state index in [1.807, 2.05) is 43.1 Å². The quantitative estimate of drug-likeness (QED) is 0.756. The third-order valence-electron chi connectivity index (χ3n) is 3.02. The molecule has 1 rings (SSSR count). The van der Waals surface area contributed by atoms with Gasteiger partial charge < -0.3 is 11.1 Å². The van der Waals surface area contributed by atoms with Crippen LogP contribution in [0.2, 0.25) is 0 Å². The first-order valence-corrected chi connectivity index (χ1v) is 6.37. The molecule has 0 saturated heterocycles. The SMILES string of the molecule is CCCNC(=O)CN(C)C(C)c1cccc(N)c1.